The molecule has 0 aliphatic rings. The van der Waals surface area contributed by atoms with Gasteiger partial charge in [0.15, 0.2) is 23.2 Å². The third-order valence-corrected chi connectivity index (χ3v) is 11.3. The Bertz CT molecular complexity index is 3380. The second kappa shape index (κ2) is 16.0. The summed E-state index contributed by atoms with van der Waals surface area (Å²) in [6.45, 7) is 8.21. The molecule has 0 aliphatic heterocycles. The first-order chi connectivity index (χ1) is 30.6. The molecule has 6 heteroatoms. The van der Waals surface area contributed by atoms with Crippen molar-refractivity contribution in [2.24, 2.45) is 0 Å². The van der Waals surface area contributed by atoms with Crippen LogP contribution < -0.4 is 0 Å². The molecule has 1 aromatic heterocycles. The second-order valence-corrected chi connectivity index (χ2v) is 14.9. The van der Waals surface area contributed by atoms with Crippen molar-refractivity contribution < 1.29 is 0 Å². The van der Waals surface area contributed by atoms with Crippen molar-refractivity contribution in [2.75, 3.05) is 0 Å². The highest BCUT2D eigenvalue weighted by molar-refractivity contribution is 6.09. The average Bonchev–Trinajstić information content (AvgIpc) is 3.36. The minimum Gasteiger partial charge on any atom is -0.237 e. The summed E-state index contributed by atoms with van der Waals surface area (Å²) < 4.78 is 0. The van der Waals surface area contributed by atoms with Crippen LogP contribution in [0.15, 0.2) is 194 Å². The fourth-order valence-corrected chi connectivity index (χ4v) is 8.10. The van der Waals surface area contributed by atoms with Gasteiger partial charge in [0.25, 0.3) is 0 Å². The van der Waals surface area contributed by atoms with Gasteiger partial charge in [0.1, 0.15) is 0 Å². The molecule has 9 aromatic carbocycles. The monoisotopic (exact) mass is 788 g/mol. The zero-order chi connectivity index (χ0) is 42.0. The van der Waals surface area contributed by atoms with E-state index in [2.05, 4.69) is 132 Å². The van der Waals surface area contributed by atoms with Gasteiger partial charge in [0.05, 0.1) is 29.8 Å². The van der Waals surface area contributed by atoms with E-state index in [0.29, 0.717) is 34.3 Å². The van der Waals surface area contributed by atoms with Gasteiger partial charge in [0.2, 0.25) is 0 Å². The standard InChI is InChI=1S/C56H32N6/c1-59-52-12-6-11-50(53(52)51-10-5-4-9-48(51)46-31-32-49-45(33-46)30-27-40-7-2-3-8-47(40)49)41-25-21-38(22-26-41)39-23-28-44(29-24-39)56-61-54(42-17-13-36(34-57)14-18-42)60-55(62-56)43-19-15-37(35-58)16-20-43/h2-33H. The number of benzene rings is 9. The predicted octanol–water partition coefficient (Wildman–Crippen LogP) is 14.1. The normalized spacial score (nSPS) is 10.9. The third kappa shape index (κ3) is 6.99. The number of hydrogen-bond acceptors (Lipinski definition) is 5. The highest BCUT2D eigenvalue weighted by Crippen LogP contribution is 2.44. The molecule has 0 aliphatic carbocycles. The lowest BCUT2D eigenvalue weighted by atomic mass is 9.87. The van der Waals surface area contributed by atoms with E-state index in [4.69, 9.17) is 21.5 Å². The molecule has 62 heavy (non-hydrogen) atoms. The van der Waals surface area contributed by atoms with Crippen molar-refractivity contribution in [1.82, 2.24) is 15.0 Å². The van der Waals surface area contributed by atoms with Crippen LogP contribution in [0.3, 0.4) is 0 Å². The number of fused-ring (bicyclic) bond motifs is 3. The van der Waals surface area contributed by atoms with Crippen LogP contribution in [0.2, 0.25) is 0 Å². The van der Waals surface area contributed by atoms with E-state index in [1.54, 1.807) is 24.3 Å². The van der Waals surface area contributed by atoms with Crippen LogP contribution in [0.4, 0.5) is 5.69 Å². The molecule has 0 bridgehead atoms. The largest absolute Gasteiger partial charge is 0.237 e. The molecular formula is C56H32N6. The van der Waals surface area contributed by atoms with Crippen molar-refractivity contribution in [3.05, 3.63) is 217 Å². The Morgan fingerprint density at radius 3 is 1.40 bits per heavy atom. The lowest BCUT2D eigenvalue weighted by molar-refractivity contribution is 1.07. The van der Waals surface area contributed by atoms with E-state index >= 15 is 0 Å². The minimum absolute atomic E-state index is 0.480. The topological polar surface area (TPSA) is 90.6 Å². The average molecular weight is 789 g/mol. The van der Waals surface area contributed by atoms with Crippen molar-refractivity contribution in [2.45, 2.75) is 0 Å². The summed E-state index contributed by atoms with van der Waals surface area (Å²) in [4.78, 5) is 18.5. The summed E-state index contributed by atoms with van der Waals surface area (Å²) in [6, 6.07) is 69.1. The molecule has 0 spiro atoms. The number of rotatable bonds is 7. The van der Waals surface area contributed by atoms with Crippen molar-refractivity contribution >= 4 is 27.2 Å². The Hall–Kier alpha value is -9.02. The zero-order valence-corrected chi connectivity index (χ0v) is 33.2. The van der Waals surface area contributed by atoms with Gasteiger partial charge >= 0.3 is 0 Å². The molecule has 0 saturated carbocycles. The lowest BCUT2D eigenvalue weighted by Gasteiger charge is -2.17. The molecule has 0 saturated heterocycles. The van der Waals surface area contributed by atoms with E-state index in [9.17, 15) is 10.5 Å². The molecule has 0 atom stereocenters. The summed E-state index contributed by atoms with van der Waals surface area (Å²) in [5.41, 5.74) is 12.2. The SMILES string of the molecule is [C-]#[N+]c1cccc(-c2ccc(-c3ccc(-c4nc(-c5ccc(C#N)cc5)nc(-c5ccc(C#N)cc5)n4)cc3)cc2)c1-c1ccccc1-c1ccc2c(ccc3ccccc32)c1. The van der Waals surface area contributed by atoms with E-state index < -0.39 is 0 Å². The van der Waals surface area contributed by atoms with Gasteiger partial charge in [-0.3, -0.25) is 0 Å². The van der Waals surface area contributed by atoms with Crippen LogP contribution in [0.25, 0.3) is 105 Å². The second-order valence-electron chi connectivity index (χ2n) is 14.9. The smallest absolute Gasteiger partial charge is 0.195 e. The molecule has 0 amide bonds. The Labute approximate surface area is 358 Å². The van der Waals surface area contributed by atoms with Gasteiger partial charge in [-0.25, -0.2) is 19.8 Å². The molecule has 0 unspecified atom stereocenters. The quantitative estimate of drug-likeness (QED) is 0.118. The van der Waals surface area contributed by atoms with E-state index in [1.165, 1.54) is 21.5 Å². The number of hydrogen-bond donors (Lipinski definition) is 0. The molecule has 0 fully saturated rings. The van der Waals surface area contributed by atoms with Crippen LogP contribution in [0.5, 0.6) is 0 Å². The predicted molar refractivity (Wildman–Crippen MR) is 249 cm³/mol. The summed E-state index contributed by atoms with van der Waals surface area (Å²) in [6.07, 6.45) is 0. The molecule has 10 rings (SSSR count). The van der Waals surface area contributed by atoms with Crippen LogP contribution >= 0.6 is 0 Å². The van der Waals surface area contributed by atoms with Gasteiger partial charge in [-0.15, -0.1) is 0 Å². The Balaban J connectivity index is 0.982. The van der Waals surface area contributed by atoms with E-state index in [0.717, 1.165) is 61.2 Å². The highest BCUT2D eigenvalue weighted by Gasteiger charge is 2.18. The highest BCUT2D eigenvalue weighted by atomic mass is 15.0. The van der Waals surface area contributed by atoms with Crippen molar-refractivity contribution in [3.8, 4) is 90.8 Å². The van der Waals surface area contributed by atoms with Gasteiger partial charge in [-0.1, -0.05) is 140 Å². The summed E-state index contributed by atoms with van der Waals surface area (Å²) in [7, 11) is 0. The van der Waals surface area contributed by atoms with Gasteiger partial charge in [-0.05, 0) is 121 Å². The number of nitriles is 2. The summed E-state index contributed by atoms with van der Waals surface area (Å²) in [5, 5.41) is 23.5. The first-order valence-corrected chi connectivity index (χ1v) is 20.1. The van der Waals surface area contributed by atoms with Gasteiger partial charge in [-0.2, -0.15) is 10.5 Å². The van der Waals surface area contributed by atoms with Crippen LogP contribution in [0, 0.1) is 29.2 Å². The van der Waals surface area contributed by atoms with Crippen LogP contribution in [-0.4, -0.2) is 15.0 Å². The Morgan fingerprint density at radius 2 is 0.823 bits per heavy atom. The summed E-state index contributed by atoms with van der Waals surface area (Å²) in [5.74, 6) is 1.47. The fourth-order valence-electron chi connectivity index (χ4n) is 8.10. The van der Waals surface area contributed by atoms with Crippen molar-refractivity contribution in [1.29, 1.82) is 10.5 Å². The van der Waals surface area contributed by atoms with E-state index in [-0.39, 0.29) is 0 Å². The number of nitrogens with zero attached hydrogens (tertiary/aromatic N) is 6. The summed E-state index contributed by atoms with van der Waals surface area (Å²) >= 11 is 0. The van der Waals surface area contributed by atoms with E-state index in [1.807, 2.05) is 54.6 Å². The van der Waals surface area contributed by atoms with Crippen LogP contribution in [-0.2, 0) is 0 Å². The first kappa shape index (κ1) is 37.3. The third-order valence-electron chi connectivity index (χ3n) is 11.3. The molecule has 0 N–H and O–H groups in total. The zero-order valence-electron chi connectivity index (χ0n) is 33.2. The van der Waals surface area contributed by atoms with Gasteiger partial charge in [0, 0.05) is 16.7 Å². The fraction of sp³-hybridized carbons (Fsp3) is 0. The molecule has 6 nitrogen and oxygen atoms in total. The molecule has 10 aromatic rings. The molecule has 1 heterocycles. The molecule has 286 valence electrons. The van der Waals surface area contributed by atoms with Crippen LogP contribution in [0.1, 0.15) is 11.1 Å². The first-order valence-electron chi connectivity index (χ1n) is 20.1. The maximum atomic E-state index is 9.34. The number of aromatic nitrogens is 3. The lowest BCUT2D eigenvalue weighted by Crippen LogP contribution is -2.00. The van der Waals surface area contributed by atoms with Gasteiger partial charge < -0.3 is 0 Å². The minimum atomic E-state index is 0.480. The van der Waals surface area contributed by atoms with Crippen molar-refractivity contribution in [3.63, 3.8) is 0 Å². The Kier molecular flexibility index (Phi) is 9.60. The molecule has 0 radical (unpaired) electrons. The maximum absolute atomic E-state index is 9.34. The maximum Gasteiger partial charge on any atom is 0.195 e. The Morgan fingerprint density at radius 1 is 0.371 bits per heavy atom. The molecular weight excluding hydrogens is 757 g/mol.